The van der Waals surface area contributed by atoms with Crippen LogP contribution in [-0.4, -0.2) is 46.3 Å². The van der Waals surface area contributed by atoms with E-state index in [1.165, 1.54) is 12.8 Å². The molecule has 6 fully saturated rings. The van der Waals surface area contributed by atoms with Crippen LogP contribution in [0.25, 0.3) is 0 Å². The summed E-state index contributed by atoms with van der Waals surface area (Å²) in [5.41, 5.74) is 0.186. The van der Waals surface area contributed by atoms with Crippen LogP contribution in [0.2, 0.25) is 0 Å². The first-order valence-corrected chi connectivity index (χ1v) is 15.8. The summed E-state index contributed by atoms with van der Waals surface area (Å²) < 4.78 is 6.73. The zero-order chi connectivity index (χ0) is 28.6. The average Bonchev–Trinajstić information content (AvgIpc) is 3.45. The molecular formula is C34H54NO4. The van der Waals surface area contributed by atoms with Gasteiger partial charge in [0.1, 0.15) is 12.2 Å². The maximum Gasteiger partial charge on any atom is 0.219 e. The minimum atomic E-state index is -0.609. The Hall–Kier alpha value is -0.650. The van der Waals surface area contributed by atoms with E-state index in [1.807, 2.05) is 4.90 Å². The highest BCUT2D eigenvalue weighted by atomic mass is 16.5. The number of rotatable bonds is 3. The first kappa shape index (κ1) is 28.5. The number of fused-ring (bicyclic) bond motifs is 4. The third-order valence-corrected chi connectivity index (χ3v) is 13.5. The molecule has 9 atom stereocenters. The summed E-state index contributed by atoms with van der Waals surface area (Å²) in [6.45, 7) is 21.1. The summed E-state index contributed by atoms with van der Waals surface area (Å²) >= 11 is 0. The Morgan fingerprint density at radius 2 is 1.77 bits per heavy atom. The molecule has 1 heterocycles. The van der Waals surface area contributed by atoms with Gasteiger partial charge in [0.15, 0.2) is 0 Å². The molecule has 2 spiro atoms. The van der Waals surface area contributed by atoms with Crippen molar-refractivity contribution in [3.63, 3.8) is 0 Å². The van der Waals surface area contributed by atoms with Gasteiger partial charge in [-0.15, -0.1) is 0 Å². The van der Waals surface area contributed by atoms with E-state index in [1.54, 1.807) is 12.8 Å². The van der Waals surface area contributed by atoms with Gasteiger partial charge in [-0.25, -0.2) is 0 Å². The molecule has 0 aromatic heterocycles. The molecule has 5 heteroatoms. The van der Waals surface area contributed by atoms with Crippen molar-refractivity contribution in [3.8, 4) is 0 Å². The van der Waals surface area contributed by atoms with E-state index in [0.29, 0.717) is 30.3 Å². The number of hydrogen-bond acceptors (Lipinski definition) is 4. The second kappa shape index (κ2) is 8.47. The number of aliphatic hydroxyl groups excluding tert-OH is 2. The van der Waals surface area contributed by atoms with Crippen LogP contribution in [-0.2, 0) is 9.53 Å². The van der Waals surface area contributed by atoms with Crippen molar-refractivity contribution in [1.82, 2.24) is 4.90 Å². The van der Waals surface area contributed by atoms with Gasteiger partial charge in [0.2, 0.25) is 5.91 Å². The molecular weight excluding hydrogens is 486 g/mol. The van der Waals surface area contributed by atoms with Gasteiger partial charge in [0.25, 0.3) is 0 Å². The van der Waals surface area contributed by atoms with Gasteiger partial charge in [-0.2, -0.15) is 0 Å². The monoisotopic (exact) mass is 540 g/mol. The lowest BCUT2D eigenvalue weighted by molar-refractivity contribution is -0.131. The summed E-state index contributed by atoms with van der Waals surface area (Å²) in [7, 11) is 0. The van der Waals surface area contributed by atoms with E-state index in [9.17, 15) is 15.0 Å². The molecule has 2 N–H and O–H groups in total. The Morgan fingerprint density at radius 1 is 1.08 bits per heavy atom. The third kappa shape index (κ3) is 3.57. The number of ether oxygens (including phenoxy) is 1. The predicted octanol–water partition coefficient (Wildman–Crippen LogP) is 6.34. The Kier molecular flexibility index (Phi) is 6.18. The highest BCUT2D eigenvalue weighted by Gasteiger charge is 2.85. The zero-order valence-electron chi connectivity index (χ0n) is 26.1. The van der Waals surface area contributed by atoms with Crippen molar-refractivity contribution in [3.05, 3.63) is 18.1 Å². The Morgan fingerprint density at radius 3 is 2.41 bits per heavy atom. The van der Waals surface area contributed by atoms with E-state index in [2.05, 4.69) is 55.4 Å². The topological polar surface area (TPSA) is 70.0 Å². The fraction of sp³-hybridized carbons (Fsp3) is 0.882. The van der Waals surface area contributed by atoms with Gasteiger partial charge in [0.05, 0.1) is 18.8 Å². The van der Waals surface area contributed by atoms with Crippen LogP contribution in [0.3, 0.4) is 0 Å². The molecule has 1 unspecified atom stereocenters. The Labute approximate surface area is 237 Å². The summed E-state index contributed by atoms with van der Waals surface area (Å²) in [5.74, 6) is 2.88. The van der Waals surface area contributed by atoms with Crippen LogP contribution < -0.4 is 0 Å². The van der Waals surface area contributed by atoms with Crippen LogP contribution in [0.15, 0.2) is 0 Å². The lowest BCUT2D eigenvalue weighted by Crippen LogP contribution is -2.58. The second-order valence-electron chi connectivity index (χ2n) is 17.0. The molecule has 5 saturated carbocycles. The highest BCUT2D eigenvalue weighted by molar-refractivity contribution is 5.73. The fourth-order valence-corrected chi connectivity index (χ4v) is 11.7. The van der Waals surface area contributed by atoms with Crippen LogP contribution >= 0.6 is 0 Å². The standard InChI is InChI=1S/C34H54NO4/c1-20-16-22(17-35(21(2)36)19-29(3,4)5)39-27-26(20)31(8)14-15-34-18-33(34)13-12-25(37)30(6,7)23(33)10-11-24(34)32(31,9)28(27)38/h20,23,25-26,28,37-38H,10-19H2,1-9H3/t20-,23+,25?,26+,28+,31-,32-,33-,34+/m1/s1. The maximum absolute atomic E-state index is 12.5. The number of nitrogens with zero attached hydrogens (tertiary/aromatic N) is 1. The fourth-order valence-electron chi connectivity index (χ4n) is 11.7. The van der Waals surface area contributed by atoms with Crippen molar-refractivity contribution < 1.29 is 19.7 Å². The lowest BCUT2D eigenvalue weighted by atomic mass is 9.41. The highest BCUT2D eigenvalue weighted by Crippen LogP contribution is 2.90. The van der Waals surface area contributed by atoms with E-state index < -0.39 is 6.10 Å². The van der Waals surface area contributed by atoms with Crippen molar-refractivity contribution in [2.24, 2.45) is 50.2 Å². The van der Waals surface area contributed by atoms with Gasteiger partial charge in [-0.05, 0) is 96.2 Å². The van der Waals surface area contributed by atoms with E-state index in [0.717, 1.165) is 50.7 Å². The normalized spacial score (nSPS) is 49.4. The quantitative estimate of drug-likeness (QED) is 0.438. The molecule has 0 aromatic rings. The Balaban J connectivity index is 1.29. The molecule has 39 heavy (non-hydrogen) atoms. The first-order chi connectivity index (χ1) is 17.9. The van der Waals surface area contributed by atoms with Crippen LogP contribution in [0.5, 0.6) is 0 Å². The number of aliphatic hydroxyl groups is 2. The largest absolute Gasteiger partial charge is 0.393 e. The van der Waals surface area contributed by atoms with E-state index in [4.69, 9.17) is 4.74 Å². The van der Waals surface area contributed by atoms with Crippen molar-refractivity contribution in [1.29, 1.82) is 0 Å². The second-order valence-corrected chi connectivity index (χ2v) is 17.0. The molecule has 0 bridgehead atoms. The molecule has 1 aliphatic heterocycles. The minimum absolute atomic E-state index is 0.0126. The van der Waals surface area contributed by atoms with Crippen LogP contribution in [0.1, 0.15) is 114 Å². The van der Waals surface area contributed by atoms with Gasteiger partial charge in [-0.3, -0.25) is 4.79 Å². The summed E-state index contributed by atoms with van der Waals surface area (Å²) in [6, 6.07) is 0. The van der Waals surface area contributed by atoms with Crippen molar-refractivity contribution in [2.45, 2.75) is 126 Å². The predicted molar refractivity (Wildman–Crippen MR) is 152 cm³/mol. The Bertz CT molecular complexity index is 1020. The van der Waals surface area contributed by atoms with Gasteiger partial charge >= 0.3 is 0 Å². The maximum atomic E-state index is 12.5. The molecule has 1 saturated heterocycles. The molecule has 3 radical (unpaired) electrons. The molecule has 219 valence electrons. The van der Waals surface area contributed by atoms with Gasteiger partial charge < -0.3 is 19.8 Å². The van der Waals surface area contributed by atoms with Gasteiger partial charge in [0, 0.05) is 24.8 Å². The average molecular weight is 541 g/mol. The zero-order valence-corrected chi connectivity index (χ0v) is 26.1. The third-order valence-electron chi connectivity index (χ3n) is 13.5. The van der Waals surface area contributed by atoms with Crippen molar-refractivity contribution >= 4 is 5.91 Å². The smallest absolute Gasteiger partial charge is 0.219 e. The summed E-state index contributed by atoms with van der Waals surface area (Å²) in [6.07, 6.45) is 9.70. The van der Waals surface area contributed by atoms with E-state index in [-0.39, 0.29) is 45.0 Å². The van der Waals surface area contributed by atoms with Crippen LogP contribution in [0.4, 0.5) is 0 Å². The molecule has 1 amide bonds. The number of amides is 1. The minimum Gasteiger partial charge on any atom is -0.393 e. The number of carbonyl (C=O) groups is 1. The molecule has 0 aromatic carbocycles. The van der Waals surface area contributed by atoms with Crippen LogP contribution in [0, 0.1) is 68.4 Å². The lowest BCUT2D eigenvalue weighted by Gasteiger charge is -2.63. The first-order valence-electron chi connectivity index (χ1n) is 15.8. The number of carbonyl (C=O) groups excluding carboxylic acids is 1. The molecule has 5 nitrogen and oxygen atoms in total. The molecule has 6 rings (SSSR count). The summed E-state index contributed by atoms with van der Waals surface area (Å²) in [5, 5.41) is 23.2. The van der Waals surface area contributed by atoms with E-state index >= 15 is 0 Å². The van der Waals surface area contributed by atoms with Gasteiger partial charge in [-0.1, -0.05) is 55.4 Å². The van der Waals surface area contributed by atoms with Crippen molar-refractivity contribution in [2.75, 3.05) is 13.1 Å². The molecule has 5 aliphatic carbocycles. The SMILES string of the molecule is CC(=O)N(C[C]1C[C@@H](C)[C@H]2[C](O1)[C@H](O)[C@@]1(C)[C]3CC[C@H]4C(C)(C)C(O)CC[C@@]45C[C@@]35CC[C@]21C)CC(C)(C)C. The molecule has 6 aliphatic rings. The summed E-state index contributed by atoms with van der Waals surface area (Å²) in [4.78, 5) is 14.5. The number of hydrogen-bond donors (Lipinski definition) is 2.